The number of nitrogens with one attached hydrogen (secondary N) is 2. The van der Waals surface area contributed by atoms with Crippen LogP contribution in [0, 0.1) is 0 Å². The van der Waals surface area contributed by atoms with Crippen molar-refractivity contribution in [3.8, 4) is 0 Å². The van der Waals surface area contributed by atoms with Gasteiger partial charge < -0.3 is 11.1 Å². The highest BCUT2D eigenvalue weighted by Gasteiger charge is 2.12. The molecule has 4 N–H and O–H groups in total. The molecular formula is C7H7N5O. The van der Waals surface area contributed by atoms with E-state index < -0.39 is 0 Å². The van der Waals surface area contributed by atoms with Crippen LogP contribution >= 0.6 is 0 Å². The van der Waals surface area contributed by atoms with Gasteiger partial charge in [0.1, 0.15) is 0 Å². The van der Waals surface area contributed by atoms with Crippen molar-refractivity contribution in [2.24, 2.45) is 4.99 Å². The summed E-state index contributed by atoms with van der Waals surface area (Å²) in [4.78, 5) is 21.4. The predicted molar refractivity (Wildman–Crippen MR) is 50.2 cm³/mol. The number of nitrogen functional groups attached to an aromatic ring is 1. The van der Waals surface area contributed by atoms with Crippen LogP contribution in [0.4, 0.5) is 17.5 Å². The van der Waals surface area contributed by atoms with Crippen molar-refractivity contribution < 1.29 is 0 Å². The molecule has 0 aromatic carbocycles. The summed E-state index contributed by atoms with van der Waals surface area (Å²) in [6.45, 7) is 3.60. The van der Waals surface area contributed by atoms with Gasteiger partial charge in [-0.15, -0.1) is 0 Å². The normalized spacial score (nSPS) is 13.7. The van der Waals surface area contributed by atoms with Crippen molar-refractivity contribution in [3.05, 3.63) is 22.6 Å². The van der Waals surface area contributed by atoms with Crippen molar-refractivity contribution in [1.82, 2.24) is 9.97 Å². The van der Waals surface area contributed by atoms with Crippen LogP contribution in [-0.2, 0) is 0 Å². The minimum Gasteiger partial charge on any atom is -0.369 e. The lowest BCUT2D eigenvalue weighted by Crippen LogP contribution is -2.19. The number of allylic oxidation sites excluding steroid dienone is 1. The molecular weight excluding hydrogens is 170 g/mol. The fourth-order valence-corrected chi connectivity index (χ4v) is 1.02. The lowest BCUT2D eigenvalue weighted by Gasteiger charge is -2.11. The minimum atomic E-state index is -0.347. The molecule has 0 saturated carbocycles. The van der Waals surface area contributed by atoms with Crippen LogP contribution in [0.3, 0.4) is 0 Å². The average molecular weight is 177 g/mol. The molecule has 1 aliphatic heterocycles. The first-order valence-electron chi connectivity index (χ1n) is 3.56. The molecule has 0 bridgehead atoms. The van der Waals surface area contributed by atoms with Crippen LogP contribution in [-0.4, -0.2) is 16.2 Å². The van der Waals surface area contributed by atoms with Gasteiger partial charge in [0.15, 0.2) is 11.5 Å². The topological polar surface area (TPSA) is 96.2 Å². The van der Waals surface area contributed by atoms with E-state index in [9.17, 15) is 4.79 Å². The molecule has 0 fully saturated rings. The molecule has 1 aromatic rings. The Hall–Kier alpha value is -2.11. The first-order chi connectivity index (χ1) is 6.16. The number of nitrogens with two attached hydrogens (primary N) is 1. The highest BCUT2D eigenvalue weighted by atomic mass is 16.1. The highest BCUT2D eigenvalue weighted by Crippen LogP contribution is 2.21. The summed E-state index contributed by atoms with van der Waals surface area (Å²) in [7, 11) is 0. The van der Waals surface area contributed by atoms with Crippen molar-refractivity contribution in [3.63, 3.8) is 0 Å². The van der Waals surface area contributed by atoms with E-state index in [4.69, 9.17) is 5.73 Å². The van der Waals surface area contributed by atoms with Gasteiger partial charge >= 0.3 is 0 Å². The van der Waals surface area contributed by atoms with Crippen molar-refractivity contribution in [1.29, 1.82) is 0 Å². The van der Waals surface area contributed by atoms with Crippen LogP contribution < -0.4 is 16.6 Å². The molecule has 13 heavy (non-hydrogen) atoms. The third-order valence-electron chi connectivity index (χ3n) is 1.55. The molecule has 0 amide bonds. The summed E-state index contributed by atoms with van der Waals surface area (Å²) in [5.41, 5.74) is 5.81. The molecule has 1 aliphatic rings. The van der Waals surface area contributed by atoms with Gasteiger partial charge in [-0.25, -0.2) is 4.99 Å². The standard InChI is InChI=1S/C7H7N5O/c1-3-2-9-5-4(10-3)6(13)12-7(8)11-5/h2,10H,1H2,(H3,8,11,12,13). The SMILES string of the molecule is C=C1C=Nc2nc(N)[nH]c(=O)c2N1. The van der Waals surface area contributed by atoms with E-state index in [0.717, 1.165) is 0 Å². The molecule has 0 aliphatic carbocycles. The van der Waals surface area contributed by atoms with Crippen molar-refractivity contribution in [2.45, 2.75) is 0 Å². The summed E-state index contributed by atoms with van der Waals surface area (Å²) in [5.74, 6) is 0.337. The maximum absolute atomic E-state index is 11.3. The summed E-state index contributed by atoms with van der Waals surface area (Å²) < 4.78 is 0. The third-order valence-corrected chi connectivity index (χ3v) is 1.55. The van der Waals surface area contributed by atoms with Crippen LogP contribution in [0.1, 0.15) is 0 Å². The Balaban J connectivity index is 2.70. The van der Waals surface area contributed by atoms with Crippen LogP contribution in [0.25, 0.3) is 0 Å². The average Bonchev–Trinajstić information content (AvgIpc) is 2.06. The zero-order chi connectivity index (χ0) is 9.42. The molecule has 0 radical (unpaired) electrons. The monoisotopic (exact) mass is 177 g/mol. The number of nitrogens with zero attached hydrogens (tertiary/aromatic N) is 2. The molecule has 66 valence electrons. The van der Waals surface area contributed by atoms with E-state index >= 15 is 0 Å². The maximum Gasteiger partial charge on any atom is 0.278 e. The molecule has 0 unspecified atom stereocenters. The van der Waals surface area contributed by atoms with Gasteiger partial charge in [-0.3, -0.25) is 9.78 Å². The Bertz CT molecular complexity index is 458. The molecule has 2 rings (SSSR count). The Morgan fingerprint density at radius 2 is 2.31 bits per heavy atom. The zero-order valence-electron chi connectivity index (χ0n) is 6.66. The fraction of sp³-hybridized carbons (Fsp3) is 0. The number of hydrogen-bond donors (Lipinski definition) is 3. The summed E-state index contributed by atoms with van der Waals surface area (Å²) in [6, 6.07) is 0. The number of aromatic amines is 1. The maximum atomic E-state index is 11.3. The number of rotatable bonds is 0. The fourth-order valence-electron chi connectivity index (χ4n) is 1.02. The predicted octanol–water partition coefficient (Wildman–Crippen LogP) is -0.00640. The second kappa shape index (κ2) is 2.44. The number of H-pyrrole nitrogens is 1. The first kappa shape index (κ1) is 7.53. The molecule has 0 atom stereocenters. The number of anilines is 2. The Morgan fingerprint density at radius 3 is 3.08 bits per heavy atom. The highest BCUT2D eigenvalue weighted by molar-refractivity contribution is 5.90. The van der Waals surface area contributed by atoms with E-state index in [1.807, 2.05) is 0 Å². The van der Waals surface area contributed by atoms with Crippen molar-refractivity contribution in [2.75, 3.05) is 11.1 Å². The molecule has 2 heterocycles. The quantitative estimate of drug-likeness (QED) is 0.519. The van der Waals surface area contributed by atoms with E-state index in [2.05, 4.69) is 26.9 Å². The van der Waals surface area contributed by atoms with Gasteiger partial charge in [0.25, 0.3) is 5.56 Å². The van der Waals surface area contributed by atoms with Crippen LogP contribution in [0.5, 0.6) is 0 Å². The van der Waals surface area contributed by atoms with Gasteiger partial charge in [-0.1, -0.05) is 6.58 Å². The Kier molecular flexibility index (Phi) is 1.42. The second-order valence-electron chi connectivity index (χ2n) is 2.56. The third kappa shape index (κ3) is 1.18. The Labute approximate surface area is 73.2 Å². The largest absolute Gasteiger partial charge is 0.369 e. The second-order valence-corrected chi connectivity index (χ2v) is 2.56. The molecule has 0 saturated heterocycles. The number of aromatic nitrogens is 2. The van der Waals surface area contributed by atoms with E-state index in [1.165, 1.54) is 6.21 Å². The zero-order valence-corrected chi connectivity index (χ0v) is 6.66. The molecule has 6 nitrogen and oxygen atoms in total. The number of hydrogen-bond acceptors (Lipinski definition) is 5. The lowest BCUT2D eigenvalue weighted by molar-refractivity contribution is 1.12. The van der Waals surface area contributed by atoms with E-state index in [0.29, 0.717) is 5.70 Å². The molecule has 1 aromatic heterocycles. The summed E-state index contributed by atoms with van der Waals surface area (Å²) in [6.07, 6.45) is 1.48. The summed E-state index contributed by atoms with van der Waals surface area (Å²) in [5, 5.41) is 2.75. The van der Waals surface area contributed by atoms with Gasteiger partial charge in [0, 0.05) is 0 Å². The van der Waals surface area contributed by atoms with Gasteiger partial charge in [0.05, 0.1) is 11.9 Å². The first-order valence-corrected chi connectivity index (χ1v) is 3.56. The smallest absolute Gasteiger partial charge is 0.278 e. The Morgan fingerprint density at radius 1 is 1.54 bits per heavy atom. The van der Waals surface area contributed by atoms with Gasteiger partial charge in [-0.05, 0) is 0 Å². The van der Waals surface area contributed by atoms with Crippen molar-refractivity contribution >= 4 is 23.7 Å². The number of aliphatic imine (C=N–C) groups is 1. The minimum absolute atomic E-state index is 0.0511. The van der Waals surface area contributed by atoms with E-state index in [1.54, 1.807) is 0 Å². The lowest BCUT2D eigenvalue weighted by atomic mass is 10.3. The summed E-state index contributed by atoms with van der Waals surface area (Å²) >= 11 is 0. The van der Waals surface area contributed by atoms with E-state index in [-0.39, 0.29) is 23.0 Å². The molecule has 0 spiro atoms. The van der Waals surface area contributed by atoms with Crippen LogP contribution in [0.2, 0.25) is 0 Å². The molecule has 6 heteroatoms. The van der Waals surface area contributed by atoms with Gasteiger partial charge in [0.2, 0.25) is 5.95 Å². The van der Waals surface area contributed by atoms with Gasteiger partial charge in [-0.2, -0.15) is 4.98 Å². The number of fused-ring (bicyclic) bond motifs is 1. The van der Waals surface area contributed by atoms with Crippen LogP contribution in [0.15, 0.2) is 22.1 Å².